The third-order valence-electron chi connectivity index (χ3n) is 1.55. The molecule has 2 N–H and O–H groups in total. The fraction of sp³-hybridized carbons (Fsp3) is 0. The van der Waals surface area contributed by atoms with Crippen LogP contribution >= 0.6 is 11.6 Å². The van der Waals surface area contributed by atoms with Crippen LogP contribution < -0.4 is 5.73 Å². The van der Waals surface area contributed by atoms with Crippen molar-refractivity contribution in [1.82, 2.24) is 0 Å². The van der Waals surface area contributed by atoms with E-state index in [1.165, 1.54) is 12.2 Å². The van der Waals surface area contributed by atoms with Gasteiger partial charge in [0.2, 0.25) is 5.91 Å². The number of nitrogens with two attached hydrogens (primary N) is 1. The number of hydrogen-bond acceptors (Lipinski definition) is 2. The van der Waals surface area contributed by atoms with Crippen LogP contribution in [0.3, 0.4) is 0 Å². The average molecular weight is 207 g/mol. The monoisotopic (exact) mass is 206 g/mol. The zero-order valence-corrected chi connectivity index (χ0v) is 7.95. The average Bonchev–Trinajstić information content (AvgIpc) is 2.15. The summed E-state index contributed by atoms with van der Waals surface area (Å²) in [4.78, 5) is 10.4. The Morgan fingerprint density at radius 2 is 2.29 bits per heavy atom. The molecule has 1 aromatic carbocycles. The van der Waals surface area contributed by atoms with Gasteiger partial charge in [0.15, 0.2) is 0 Å². The predicted octanol–water partition coefficient (Wildman–Crippen LogP) is 1.71. The van der Waals surface area contributed by atoms with Crippen molar-refractivity contribution in [3.05, 3.63) is 40.4 Å². The Morgan fingerprint density at radius 1 is 1.57 bits per heavy atom. The van der Waals surface area contributed by atoms with E-state index in [4.69, 9.17) is 22.6 Å². The Morgan fingerprint density at radius 3 is 2.79 bits per heavy atom. The van der Waals surface area contributed by atoms with Gasteiger partial charge in [-0.1, -0.05) is 17.7 Å². The van der Waals surface area contributed by atoms with Crippen LogP contribution in [0.2, 0.25) is 5.02 Å². The highest BCUT2D eigenvalue weighted by molar-refractivity contribution is 6.31. The maximum atomic E-state index is 10.4. The number of amides is 1. The third kappa shape index (κ3) is 2.61. The number of hydrogen-bond donors (Lipinski definition) is 1. The molecule has 70 valence electrons. The summed E-state index contributed by atoms with van der Waals surface area (Å²) in [5.41, 5.74) is 6.06. The third-order valence-corrected chi connectivity index (χ3v) is 1.87. The van der Waals surface area contributed by atoms with E-state index in [-0.39, 0.29) is 0 Å². The Bertz CT molecular complexity index is 432. The zero-order valence-electron chi connectivity index (χ0n) is 7.20. The highest BCUT2D eigenvalue weighted by atomic mass is 35.5. The lowest BCUT2D eigenvalue weighted by Gasteiger charge is -1.96. The van der Waals surface area contributed by atoms with Crippen molar-refractivity contribution in [3.8, 4) is 6.07 Å². The van der Waals surface area contributed by atoms with Gasteiger partial charge in [-0.3, -0.25) is 4.79 Å². The van der Waals surface area contributed by atoms with Gasteiger partial charge in [0.05, 0.1) is 10.6 Å². The van der Waals surface area contributed by atoms with Gasteiger partial charge in [-0.2, -0.15) is 5.26 Å². The Kier molecular flexibility index (Phi) is 3.27. The number of benzene rings is 1. The van der Waals surface area contributed by atoms with E-state index in [0.29, 0.717) is 10.6 Å². The largest absolute Gasteiger partial charge is 0.366 e. The van der Waals surface area contributed by atoms with Gasteiger partial charge < -0.3 is 5.73 Å². The molecule has 14 heavy (non-hydrogen) atoms. The number of carbonyl (C=O) groups excluding carboxylic acids is 1. The number of primary amides is 1. The molecule has 1 amide bonds. The molecule has 0 saturated heterocycles. The van der Waals surface area contributed by atoms with Crippen LogP contribution in [0.25, 0.3) is 6.08 Å². The lowest BCUT2D eigenvalue weighted by Crippen LogP contribution is -2.05. The van der Waals surface area contributed by atoms with Gasteiger partial charge >= 0.3 is 0 Å². The van der Waals surface area contributed by atoms with E-state index in [9.17, 15) is 4.79 Å². The summed E-state index contributed by atoms with van der Waals surface area (Å²) in [6, 6.07) is 6.81. The van der Waals surface area contributed by atoms with Crippen molar-refractivity contribution in [3.63, 3.8) is 0 Å². The molecule has 0 saturated carbocycles. The number of rotatable bonds is 2. The fourth-order valence-corrected chi connectivity index (χ4v) is 1.14. The first-order valence-corrected chi connectivity index (χ1v) is 4.18. The summed E-state index contributed by atoms with van der Waals surface area (Å²) in [5.74, 6) is -0.523. The van der Waals surface area contributed by atoms with Crippen molar-refractivity contribution in [2.75, 3.05) is 0 Å². The molecule has 0 fully saturated rings. The van der Waals surface area contributed by atoms with Crippen LogP contribution in [-0.2, 0) is 4.79 Å². The van der Waals surface area contributed by atoms with E-state index in [2.05, 4.69) is 0 Å². The quantitative estimate of drug-likeness (QED) is 0.749. The maximum absolute atomic E-state index is 10.4. The number of halogens is 1. The standard InChI is InChI=1S/C10H7ClN2O/c11-9-5-7(2-4-10(13)14)1-3-8(9)6-12/h1-5H,(H2,13,14). The predicted molar refractivity (Wildman–Crippen MR) is 54.4 cm³/mol. The summed E-state index contributed by atoms with van der Waals surface area (Å²) in [5, 5.41) is 8.96. The van der Waals surface area contributed by atoms with E-state index in [1.54, 1.807) is 18.2 Å². The first-order valence-electron chi connectivity index (χ1n) is 3.80. The van der Waals surface area contributed by atoms with Crippen molar-refractivity contribution >= 4 is 23.6 Å². The molecule has 0 atom stereocenters. The van der Waals surface area contributed by atoms with Gasteiger partial charge in [0, 0.05) is 6.08 Å². The van der Waals surface area contributed by atoms with Crippen LogP contribution in [0.15, 0.2) is 24.3 Å². The molecule has 0 aromatic heterocycles. The molecule has 1 aromatic rings. The fourth-order valence-electron chi connectivity index (χ4n) is 0.904. The van der Waals surface area contributed by atoms with Crippen LogP contribution in [-0.4, -0.2) is 5.91 Å². The molecule has 0 heterocycles. The second-order valence-electron chi connectivity index (χ2n) is 2.59. The second-order valence-corrected chi connectivity index (χ2v) is 2.99. The minimum Gasteiger partial charge on any atom is -0.366 e. The van der Waals surface area contributed by atoms with Crippen LogP contribution in [0.4, 0.5) is 0 Å². The van der Waals surface area contributed by atoms with E-state index in [1.807, 2.05) is 6.07 Å². The van der Waals surface area contributed by atoms with Crippen LogP contribution in [0, 0.1) is 11.3 Å². The van der Waals surface area contributed by atoms with Gasteiger partial charge in [0.1, 0.15) is 6.07 Å². The first kappa shape index (κ1) is 10.3. The van der Waals surface area contributed by atoms with Crippen molar-refractivity contribution < 1.29 is 4.79 Å². The van der Waals surface area contributed by atoms with Crippen LogP contribution in [0.1, 0.15) is 11.1 Å². The summed E-state index contributed by atoms with van der Waals surface area (Å²) in [6.45, 7) is 0. The minimum atomic E-state index is -0.523. The number of carbonyl (C=O) groups is 1. The van der Waals surface area contributed by atoms with Gasteiger partial charge in [-0.25, -0.2) is 0 Å². The molecule has 0 bridgehead atoms. The number of nitrogens with zero attached hydrogens (tertiary/aromatic N) is 1. The summed E-state index contributed by atoms with van der Waals surface area (Å²) in [6.07, 6.45) is 2.77. The molecule has 0 aliphatic rings. The van der Waals surface area contributed by atoms with Crippen molar-refractivity contribution in [2.45, 2.75) is 0 Å². The molecule has 0 radical (unpaired) electrons. The summed E-state index contributed by atoms with van der Waals surface area (Å²) >= 11 is 5.77. The molecule has 0 unspecified atom stereocenters. The topological polar surface area (TPSA) is 66.9 Å². The molecular formula is C10H7ClN2O. The zero-order chi connectivity index (χ0) is 10.6. The van der Waals surface area contributed by atoms with Gasteiger partial charge in [-0.05, 0) is 23.8 Å². The molecule has 1 rings (SSSR count). The normalized spacial score (nSPS) is 10.0. The molecule has 0 aliphatic heterocycles. The lowest BCUT2D eigenvalue weighted by molar-refractivity contribution is -0.113. The minimum absolute atomic E-state index is 0.360. The van der Waals surface area contributed by atoms with Crippen LogP contribution in [0.5, 0.6) is 0 Å². The molecule has 4 heteroatoms. The Hall–Kier alpha value is -1.79. The summed E-state index contributed by atoms with van der Waals surface area (Å²) < 4.78 is 0. The lowest BCUT2D eigenvalue weighted by atomic mass is 10.1. The van der Waals surface area contributed by atoms with Crippen molar-refractivity contribution in [2.24, 2.45) is 5.73 Å². The second kappa shape index (κ2) is 4.45. The van der Waals surface area contributed by atoms with E-state index in [0.717, 1.165) is 5.56 Å². The van der Waals surface area contributed by atoms with Crippen molar-refractivity contribution in [1.29, 1.82) is 5.26 Å². The Labute approximate surface area is 86.4 Å². The van der Waals surface area contributed by atoms with E-state index < -0.39 is 5.91 Å². The smallest absolute Gasteiger partial charge is 0.241 e. The highest BCUT2D eigenvalue weighted by Gasteiger charge is 1.98. The molecule has 0 aliphatic carbocycles. The molecular weight excluding hydrogens is 200 g/mol. The first-order chi connectivity index (χ1) is 6.63. The SMILES string of the molecule is N#Cc1ccc(C=CC(N)=O)cc1Cl. The van der Waals surface area contributed by atoms with E-state index >= 15 is 0 Å². The molecule has 0 spiro atoms. The highest BCUT2D eigenvalue weighted by Crippen LogP contribution is 2.17. The Balaban J connectivity index is 2.99. The maximum Gasteiger partial charge on any atom is 0.241 e. The summed E-state index contributed by atoms with van der Waals surface area (Å²) in [7, 11) is 0. The molecule has 3 nitrogen and oxygen atoms in total. The van der Waals surface area contributed by atoms with Gasteiger partial charge in [-0.15, -0.1) is 0 Å². The number of nitriles is 1. The van der Waals surface area contributed by atoms with Gasteiger partial charge in [0.25, 0.3) is 0 Å².